The average molecular weight is 267 g/mol. The zero-order chi connectivity index (χ0) is 14.0. The van der Waals surface area contributed by atoms with E-state index in [4.69, 9.17) is 0 Å². The van der Waals surface area contributed by atoms with Crippen LogP contribution in [0.5, 0.6) is 0 Å². The second kappa shape index (κ2) is 5.52. The number of carbonyl (C=O) groups is 1. The monoisotopic (exact) mass is 267 g/mol. The fraction of sp³-hybridized carbons (Fsp3) is 0.538. The first-order chi connectivity index (χ1) is 8.99. The maximum absolute atomic E-state index is 13.1. The minimum Gasteiger partial charge on any atom is -0.478 e. The van der Waals surface area contributed by atoms with E-state index in [1.165, 1.54) is 0 Å². The van der Waals surface area contributed by atoms with Crippen LogP contribution in [0.4, 0.5) is 10.2 Å². The smallest absolute Gasteiger partial charge is 0.339 e. The van der Waals surface area contributed by atoms with Gasteiger partial charge in [-0.1, -0.05) is 0 Å². The van der Waals surface area contributed by atoms with E-state index in [1.54, 1.807) is 0 Å². The fourth-order valence-electron chi connectivity index (χ4n) is 2.54. The van der Waals surface area contributed by atoms with Crippen molar-refractivity contribution in [3.8, 4) is 0 Å². The van der Waals surface area contributed by atoms with Crippen molar-refractivity contribution in [1.82, 2.24) is 9.88 Å². The topological polar surface area (TPSA) is 56.7 Å². The van der Waals surface area contributed by atoms with Crippen LogP contribution in [0.1, 0.15) is 23.2 Å². The van der Waals surface area contributed by atoms with E-state index in [-0.39, 0.29) is 11.6 Å². The van der Waals surface area contributed by atoms with E-state index in [9.17, 15) is 14.3 Å². The number of nitrogens with zero attached hydrogens (tertiary/aromatic N) is 3. The third kappa shape index (κ3) is 3.01. The molecule has 0 bridgehead atoms. The van der Waals surface area contributed by atoms with Gasteiger partial charge in [0.1, 0.15) is 17.2 Å². The molecule has 1 N–H and O–H groups in total. The summed E-state index contributed by atoms with van der Waals surface area (Å²) in [6, 6.07) is 1.27. The number of rotatable bonds is 4. The molecule has 0 amide bonds. The van der Waals surface area contributed by atoms with Crippen molar-refractivity contribution in [3.63, 3.8) is 0 Å². The van der Waals surface area contributed by atoms with E-state index in [2.05, 4.69) is 9.88 Å². The molecule has 0 spiro atoms. The minimum absolute atomic E-state index is 0.0642. The second-order valence-corrected chi connectivity index (χ2v) is 5.08. The van der Waals surface area contributed by atoms with Gasteiger partial charge in [-0.3, -0.25) is 0 Å². The molecule has 0 saturated carbocycles. The summed E-state index contributed by atoms with van der Waals surface area (Å²) >= 11 is 0. The molecule has 1 aromatic rings. The van der Waals surface area contributed by atoms with Crippen LogP contribution in [0.3, 0.4) is 0 Å². The van der Waals surface area contributed by atoms with Crippen LogP contribution in [0.2, 0.25) is 0 Å². The molecule has 6 heteroatoms. The number of carboxylic acids is 1. The van der Waals surface area contributed by atoms with Crippen molar-refractivity contribution in [3.05, 3.63) is 23.6 Å². The lowest BCUT2D eigenvalue weighted by atomic mass is 10.2. The van der Waals surface area contributed by atoms with Crippen molar-refractivity contribution >= 4 is 11.8 Å². The van der Waals surface area contributed by atoms with Crippen LogP contribution < -0.4 is 4.90 Å². The summed E-state index contributed by atoms with van der Waals surface area (Å²) in [5.41, 5.74) is -0.0642. The molecule has 0 aliphatic carbocycles. The zero-order valence-corrected chi connectivity index (χ0v) is 11.1. The van der Waals surface area contributed by atoms with Gasteiger partial charge >= 0.3 is 5.97 Å². The highest BCUT2D eigenvalue weighted by atomic mass is 19.1. The molecule has 2 heterocycles. The van der Waals surface area contributed by atoms with Crippen molar-refractivity contribution < 1.29 is 14.3 Å². The maximum atomic E-state index is 13.1. The lowest BCUT2D eigenvalue weighted by Crippen LogP contribution is -2.38. The molecule has 2 rings (SSSR count). The first-order valence-electron chi connectivity index (χ1n) is 6.29. The predicted molar refractivity (Wildman–Crippen MR) is 70.1 cm³/mol. The van der Waals surface area contributed by atoms with Crippen LogP contribution in [0.15, 0.2) is 12.3 Å². The Hall–Kier alpha value is -1.69. The number of hydrogen-bond acceptors (Lipinski definition) is 4. The van der Waals surface area contributed by atoms with Gasteiger partial charge in [0, 0.05) is 19.1 Å². The van der Waals surface area contributed by atoms with Crippen molar-refractivity contribution in [2.75, 3.05) is 32.1 Å². The Bertz CT molecular complexity index is 479. The Morgan fingerprint density at radius 3 is 3.00 bits per heavy atom. The van der Waals surface area contributed by atoms with E-state index in [1.807, 2.05) is 19.0 Å². The standard InChI is InChI=1S/C13H18FN3O2/c1-16(2)8-10-4-3-5-17(10)12-11(13(18)19)6-9(14)7-15-12/h6-7,10H,3-5,8H2,1-2H3,(H,18,19). The summed E-state index contributed by atoms with van der Waals surface area (Å²) in [6.45, 7) is 1.59. The molecule has 1 unspecified atom stereocenters. The summed E-state index contributed by atoms with van der Waals surface area (Å²) < 4.78 is 13.1. The van der Waals surface area contributed by atoms with Gasteiger partial charge in [0.05, 0.1) is 6.20 Å². The Kier molecular flexibility index (Phi) is 3.99. The fourth-order valence-corrected chi connectivity index (χ4v) is 2.54. The molecule has 19 heavy (non-hydrogen) atoms. The Balaban J connectivity index is 2.32. The van der Waals surface area contributed by atoms with Gasteiger partial charge in [-0.2, -0.15) is 0 Å². The van der Waals surface area contributed by atoms with Gasteiger partial charge in [0.15, 0.2) is 0 Å². The van der Waals surface area contributed by atoms with Gasteiger partial charge in [-0.05, 0) is 33.0 Å². The Morgan fingerprint density at radius 2 is 2.37 bits per heavy atom. The van der Waals surface area contributed by atoms with Crippen molar-refractivity contribution in [1.29, 1.82) is 0 Å². The van der Waals surface area contributed by atoms with Gasteiger partial charge in [0.25, 0.3) is 0 Å². The number of aromatic nitrogens is 1. The number of likely N-dealkylation sites (N-methyl/N-ethyl adjacent to an activating group) is 1. The Labute approximate surface area is 111 Å². The number of carboxylic acid groups (broad SMARTS) is 1. The SMILES string of the molecule is CN(C)CC1CCCN1c1ncc(F)cc1C(=O)O. The number of anilines is 1. The molecule has 0 radical (unpaired) electrons. The van der Waals surface area contributed by atoms with Crippen LogP contribution in [0, 0.1) is 5.82 Å². The number of aromatic carboxylic acids is 1. The quantitative estimate of drug-likeness (QED) is 0.894. The molecule has 1 aliphatic rings. The molecule has 1 fully saturated rings. The zero-order valence-electron chi connectivity index (χ0n) is 11.1. The summed E-state index contributed by atoms with van der Waals surface area (Å²) in [4.78, 5) is 19.2. The molecule has 1 atom stereocenters. The molecule has 1 aromatic heterocycles. The van der Waals surface area contributed by atoms with E-state index >= 15 is 0 Å². The number of halogens is 1. The van der Waals surface area contributed by atoms with Gasteiger partial charge in [0.2, 0.25) is 0 Å². The highest BCUT2D eigenvalue weighted by Gasteiger charge is 2.29. The molecule has 1 saturated heterocycles. The van der Waals surface area contributed by atoms with Crippen LogP contribution in [0.25, 0.3) is 0 Å². The normalized spacial score (nSPS) is 19.2. The van der Waals surface area contributed by atoms with Crippen molar-refractivity contribution in [2.45, 2.75) is 18.9 Å². The highest BCUT2D eigenvalue weighted by Crippen LogP contribution is 2.27. The van der Waals surface area contributed by atoms with Gasteiger partial charge < -0.3 is 14.9 Å². The largest absolute Gasteiger partial charge is 0.478 e. The number of hydrogen-bond donors (Lipinski definition) is 1. The van der Waals surface area contributed by atoms with E-state index in [0.29, 0.717) is 5.82 Å². The first-order valence-corrected chi connectivity index (χ1v) is 6.29. The van der Waals surface area contributed by atoms with Crippen molar-refractivity contribution in [2.24, 2.45) is 0 Å². The molecular weight excluding hydrogens is 249 g/mol. The second-order valence-electron chi connectivity index (χ2n) is 5.08. The Morgan fingerprint density at radius 1 is 1.63 bits per heavy atom. The molecular formula is C13H18FN3O2. The third-order valence-corrected chi connectivity index (χ3v) is 3.29. The molecule has 5 nitrogen and oxygen atoms in total. The number of pyridine rings is 1. The van der Waals surface area contributed by atoms with Gasteiger partial charge in [-0.25, -0.2) is 14.2 Å². The first kappa shape index (κ1) is 13.7. The van der Waals surface area contributed by atoms with E-state index < -0.39 is 11.8 Å². The minimum atomic E-state index is -1.14. The maximum Gasteiger partial charge on any atom is 0.339 e. The third-order valence-electron chi connectivity index (χ3n) is 3.29. The summed E-state index contributed by atoms with van der Waals surface area (Å²) in [5.74, 6) is -1.39. The lowest BCUT2D eigenvalue weighted by molar-refractivity contribution is 0.0696. The van der Waals surface area contributed by atoms with Gasteiger partial charge in [-0.15, -0.1) is 0 Å². The van der Waals surface area contributed by atoms with E-state index in [0.717, 1.165) is 38.2 Å². The highest BCUT2D eigenvalue weighted by molar-refractivity contribution is 5.93. The molecule has 0 aromatic carbocycles. The average Bonchev–Trinajstić information content (AvgIpc) is 2.76. The molecule has 104 valence electrons. The van der Waals surface area contributed by atoms with Crippen LogP contribution >= 0.6 is 0 Å². The summed E-state index contributed by atoms with van der Waals surface area (Å²) in [5, 5.41) is 9.17. The summed E-state index contributed by atoms with van der Waals surface area (Å²) in [7, 11) is 3.96. The van der Waals surface area contributed by atoms with Crippen LogP contribution in [-0.4, -0.2) is 54.2 Å². The predicted octanol–water partition coefficient (Wildman–Crippen LogP) is 1.45. The summed E-state index contributed by atoms with van der Waals surface area (Å²) in [6.07, 6.45) is 3.07. The van der Waals surface area contributed by atoms with Crippen LogP contribution in [-0.2, 0) is 0 Å². The lowest BCUT2D eigenvalue weighted by Gasteiger charge is -2.28. The molecule has 1 aliphatic heterocycles.